The number of unbranched alkanes of at least 4 members (excludes halogenated alkanes) is 8. The Hall–Kier alpha value is -2.70. The number of rotatable bonds is 43. The quantitative estimate of drug-likeness (QED) is 0.0189. The van der Waals surface area contributed by atoms with E-state index >= 15 is 0 Å². The van der Waals surface area contributed by atoms with E-state index in [0.29, 0.717) is 50.9 Å². The van der Waals surface area contributed by atoms with Gasteiger partial charge in [-0.1, -0.05) is 131 Å². The summed E-state index contributed by atoms with van der Waals surface area (Å²) in [7, 11) is 0. The molecule has 0 bridgehead atoms. The lowest BCUT2D eigenvalue weighted by molar-refractivity contribution is -0.161. The zero-order valence-electron chi connectivity index (χ0n) is 42.4. The maximum absolute atomic E-state index is 13.1. The van der Waals surface area contributed by atoms with Crippen molar-refractivity contribution in [1.82, 2.24) is 4.90 Å². The van der Waals surface area contributed by atoms with Crippen molar-refractivity contribution in [3.05, 3.63) is 12.2 Å². The van der Waals surface area contributed by atoms with Gasteiger partial charge in [-0.25, -0.2) is 4.79 Å². The van der Waals surface area contributed by atoms with Crippen LogP contribution in [0.2, 0.25) is 0 Å². The number of carbonyl (C=O) groups is 4. The Labute approximate surface area is 396 Å². The van der Waals surface area contributed by atoms with Crippen LogP contribution in [0.1, 0.15) is 208 Å². The summed E-state index contributed by atoms with van der Waals surface area (Å²) in [4.78, 5) is 53.3. The lowest BCUT2D eigenvalue weighted by atomic mass is 9.92. The number of likely N-dealkylation sites (tertiary alicyclic amines) is 1. The van der Waals surface area contributed by atoms with Crippen molar-refractivity contribution in [2.45, 2.75) is 215 Å². The summed E-state index contributed by atoms with van der Waals surface area (Å²) < 4.78 is 39.9. The fourth-order valence-corrected chi connectivity index (χ4v) is 8.19. The molecule has 5 unspecified atom stereocenters. The SMILES string of the molecule is CC/C=C\CCCCOC(CCC(=O)OCC(COC(=O)CCCCC(=O)OCCC(CCCC)CCCCCC)COC(=O)OCC1CCCN(CC)C1)OCCCCC(C)CCC. The molecule has 0 aromatic carbocycles. The van der Waals surface area contributed by atoms with Crippen LogP contribution in [-0.2, 0) is 47.5 Å². The Morgan fingerprint density at radius 3 is 1.89 bits per heavy atom. The van der Waals surface area contributed by atoms with Gasteiger partial charge < -0.3 is 38.1 Å². The zero-order chi connectivity index (χ0) is 47.6. The minimum Gasteiger partial charge on any atom is -0.466 e. The molecule has 1 aliphatic rings. The van der Waals surface area contributed by atoms with E-state index in [1.165, 1.54) is 70.6 Å². The molecule has 12 heteroatoms. The van der Waals surface area contributed by atoms with Gasteiger partial charge in [0, 0.05) is 44.9 Å². The average molecular weight is 924 g/mol. The molecule has 12 nitrogen and oxygen atoms in total. The normalized spacial score (nSPS) is 16.2. The second kappa shape index (κ2) is 42.6. The average Bonchev–Trinajstić information content (AvgIpc) is 3.30. The molecule has 0 spiro atoms. The lowest BCUT2D eigenvalue weighted by Gasteiger charge is -2.31. The Morgan fingerprint density at radius 2 is 1.22 bits per heavy atom. The van der Waals surface area contributed by atoms with Crippen LogP contribution in [0.5, 0.6) is 0 Å². The third kappa shape index (κ3) is 36.1. The summed E-state index contributed by atoms with van der Waals surface area (Å²) in [6, 6.07) is 0. The first kappa shape index (κ1) is 60.3. The highest BCUT2D eigenvalue weighted by atomic mass is 16.7. The van der Waals surface area contributed by atoms with Crippen LogP contribution in [0.25, 0.3) is 0 Å². The Bertz CT molecular complexity index is 1200. The molecule has 0 amide bonds. The summed E-state index contributed by atoms with van der Waals surface area (Å²) in [5, 5.41) is 0. The molecular formula is C53H97NO11. The van der Waals surface area contributed by atoms with Crippen LogP contribution in [0, 0.1) is 23.7 Å². The molecule has 5 atom stereocenters. The summed E-state index contributed by atoms with van der Waals surface area (Å²) >= 11 is 0. The van der Waals surface area contributed by atoms with Gasteiger partial charge in [0.15, 0.2) is 6.29 Å². The van der Waals surface area contributed by atoms with Crippen molar-refractivity contribution in [3.8, 4) is 0 Å². The molecular weight excluding hydrogens is 827 g/mol. The van der Waals surface area contributed by atoms with Crippen LogP contribution in [0.4, 0.5) is 4.79 Å². The number of hydrogen-bond acceptors (Lipinski definition) is 12. The highest BCUT2D eigenvalue weighted by Crippen LogP contribution is 2.22. The highest BCUT2D eigenvalue weighted by molar-refractivity contribution is 5.71. The van der Waals surface area contributed by atoms with E-state index < -0.39 is 30.3 Å². The largest absolute Gasteiger partial charge is 0.508 e. The standard InChI is InChI=1S/C53H97NO11/c1-7-12-15-17-18-23-37-60-52(61-38-24-22-27-45(6)26-10-4)34-33-51(57)63-43-48(44-65-53(58)64-41-47-30-25-36-54(11-5)40-47)42-62-50(56)32-21-20-31-49(55)59-39-35-46(28-14-9-3)29-19-16-13-8-2/h12,15,45-48,52H,7-11,13-14,16-44H2,1-6H3/b15-12-. The van der Waals surface area contributed by atoms with E-state index in [2.05, 4.69) is 58.6 Å². The van der Waals surface area contributed by atoms with Gasteiger partial charge in [-0.2, -0.15) is 0 Å². The summed E-state index contributed by atoms with van der Waals surface area (Å²) in [5.41, 5.74) is 0. The first-order valence-electron chi connectivity index (χ1n) is 26.5. The minimum absolute atomic E-state index is 0.0872. The van der Waals surface area contributed by atoms with E-state index in [1.54, 1.807) is 0 Å². The molecule has 65 heavy (non-hydrogen) atoms. The number of carbonyl (C=O) groups excluding carboxylic acids is 4. The zero-order valence-corrected chi connectivity index (χ0v) is 42.4. The Morgan fingerprint density at radius 1 is 0.569 bits per heavy atom. The maximum atomic E-state index is 13.1. The molecule has 0 aromatic heterocycles. The number of ether oxygens (including phenoxy) is 7. The fourth-order valence-electron chi connectivity index (χ4n) is 8.19. The van der Waals surface area contributed by atoms with Crippen molar-refractivity contribution in [2.75, 3.05) is 65.9 Å². The van der Waals surface area contributed by atoms with Crippen molar-refractivity contribution in [1.29, 1.82) is 0 Å². The van der Waals surface area contributed by atoms with E-state index in [1.807, 2.05) is 0 Å². The van der Waals surface area contributed by atoms with Gasteiger partial charge >= 0.3 is 24.1 Å². The van der Waals surface area contributed by atoms with E-state index in [4.69, 9.17) is 33.2 Å². The first-order valence-corrected chi connectivity index (χ1v) is 26.5. The number of allylic oxidation sites excluding steroid dienone is 2. The summed E-state index contributed by atoms with van der Waals surface area (Å²) in [6.45, 7) is 17.6. The molecule has 1 rings (SSSR count). The predicted molar refractivity (Wildman–Crippen MR) is 259 cm³/mol. The van der Waals surface area contributed by atoms with E-state index in [9.17, 15) is 19.2 Å². The molecule has 1 heterocycles. The van der Waals surface area contributed by atoms with Crippen molar-refractivity contribution in [3.63, 3.8) is 0 Å². The molecule has 380 valence electrons. The second-order valence-corrected chi connectivity index (χ2v) is 18.6. The molecule has 0 N–H and O–H groups in total. The van der Waals surface area contributed by atoms with Gasteiger partial charge in [-0.05, 0) is 89.1 Å². The molecule has 0 radical (unpaired) electrons. The van der Waals surface area contributed by atoms with Crippen LogP contribution in [-0.4, -0.2) is 101 Å². The number of esters is 3. The van der Waals surface area contributed by atoms with Crippen LogP contribution in [0.15, 0.2) is 12.2 Å². The van der Waals surface area contributed by atoms with Crippen LogP contribution < -0.4 is 0 Å². The fraction of sp³-hybridized carbons (Fsp3) is 0.887. The molecule has 1 fully saturated rings. The third-order valence-corrected chi connectivity index (χ3v) is 12.3. The predicted octanol–water partition coefficient (Wildman–Crippen LogP) is 12.7. The summed E-state index contributed by atoms with van der Waals surface area (Å²) in [6.07, 6.45) is 27.2. The molecule has 1 aliphatic heterocycles. The van der Waals surface area contributed by atoms with Gasteiger partial charge in [0.1, 0.15) is 19.8 Å². The molecule has 0 aromatic rings. The number of piperidine rings is 1. The van der Waals surface area contributed by atoms with Crippen molar-refractivity contribution < 1.29 is 52.3 Å². The number of hydrogen-bond donors (Lipinski definition) is 0. The number of nitrogens with zero attached hydrogens (tertiary/aromatic N) is 1. The highest BCUT2D eigenvalue weighted by Gasteiger charge is 2.23. The molecule has 0 saturated carbocycles. The third-order valence-electron chi connectivity index (χ3n) is 12.3. The monoisotopic (exact) mass is 924 g/mol. The topological polar surface area (TPSA) is 136 Å². The second-order valence-electron chi connectivity index (χ2n) is 18.6. The van der Waals surface area contributed by atoms with Gasteiger partial charge in [-0.15, -0.1) is 0 Å². The van der Waals surface area contributed by atoms with Gasteiger partial charge in [0.05, 0.1) is 25.6 Å². The van der Waals surface area contributed by atoms with Crippen LogP contribution in [0.3, 0.4) is 0 Å². The van der Waals surface area contributed by atoms with Gasteiger partial charge in [-0.3, -0.25) is 14.4 Å². The maximum Gasteiger partial charge on any atom is 0.508 e. The van der Waals surface area contributed by atoms with E-state index in [0.717, 1.165) is 77.4 Å². The smallest absolute Gasteiger partial charge is 0.466 e. The Kier molecular flexibility index (Phi) is 39.6. The molecule has 0 aliphatic carbocycles. The minimum atomic E-state index is -0.796. The molecule has 1 saturated heterocycles. The van der Waals surface area contributed by atoms with Gasteiger partial charge in [0.25, 0.3) is 0 Å². The van der Waals surface area contributed by atoms with Crippen LogP contribution >= 0.6 is 0 Å². The summed E-state index contributed by atoms with van der Waals surface area (Å²) in [5.74, 6) is -0.150. The van der Waals surface area contributed by atoms with Crippen molar-refractivity contribution in [2.24, 2.45) is 23.7 Å². The van der Waals surface area contributed by atoms with E-state index in [-0.39, 0.29) is 57.6 Å². The Balaban J connectivity index is 2.66. The first-order chi connectivity index (χ1) is 31.6. The lowest BCUT2D eigenvalue weighted by Crippen LogP contribution is -2.37. The van der Waals surface area contributed by atoms with Gasteiger partial charge in [0.2, 0.25) is 0 Å². The van der Waals surface area contributed by atoms with Crippen molar-refractivity contribution >= 4 is 24.1 Å².